The van der Waals surface area contributed by atoms with Crippen molar-refractivity contribution in [3.63, 3.8) is 0 Å². The lowest BCUT2D eigenvalue weighted by Gasteiger charge is -2.07. The molecule has 3 aromatic rings. The molecule has 29 heavy (non-hydrogen) atoms. The van der Waals surface area contributed by atoms with Gasteiger partial charge in [-0.2, -0.15) is 13.2 Å². The van der Waals surface area contributed by atoms with Gasteiger partial charge < -0.3 is 0 Å². The number of hydrogen-bond donors (Lipinski definition) is 1. The van der Waals surface area contributed by atoms with Crippen LogP contribution in [0.15, 0.2) is 59.6 Å². The summed E-state index contributed by atoms with van der Waals surface area (Å²) in [6.45, 7) is 0. The zero-order chi connectivity index (χ0) is 21.2. The Bertz CT molecular complexity index is 1140. The Morgan fingerprint density at radius 3 is 2.45 bits per heavy atom. The predicted octanol–water partition coefficient (Wildman–Crippen LogP) is 4.41. The van der Waals surface area contributed by atoms with E-state index in [9.17, 15) is 26.4 Å². The molecule has 0 saturated heterocycles. The van der Waals surface area contributed by atoms with Crippen LogP contribution in [0.4, 0.5) is 18.3 Å². The highest BCUT2D eigenvalue weighted by molar-refractivity contribution is 7.90. The molecule has 1 N–H and O–H groups in total. The molecular formula is C19H15F3N2O3S2. The van der Waals surface area contributed by atoms with Gasteiger partial charge in [-0.25, -0.2) is 13.4 Å². The molecule has 0 radical (unpaired) electrons. The van der Waals surface area contributed by atoms with E-state index in [0.29, 0.717) is 17.1 Å². The van der Waals surface area contributed by atoms with Gasteiger partial charge in [0.15, 0.2) is 15.0 Å². The number of hydrogen-bond acceptors (Lipinski definition) is 5. The van der Waals surface area contributed by atoms with Crippen molar-refractivity contribution in [1.29, 1.82) is 0 Å². The number of anilines is 1. The van der Waals surface area contributed by atoms with E-state index in [1.807, 2.05) is 0 Å². The third-order valence-electron chi connectivity index (χ3n) is 3.96. The predicted molar refractivity (Wildman–Crippen MR) is 104 cm³/mol. The summed E-state index contributed by atoms with van der Waals surface area (Å²) in [6, 6.07) is 10.5. The van der Waals surface area contributed by atoms with Crippen molar-refractivity contribution in [2.75, 3.05) is 11.6 Å². The van der Waals surface area contributed by atoms with E-state index in [0.717, 1.165) is 23.3 Å². The number of carbonyl (C=O) groups is 1. The molecule has 5 nitrogen and oxygen atoms in total. The minimum absolute atomic E-state index is 0.0345. The zero-order valence-electron chi connectivity index (χ0n) is 15.0. The van der Waals surface area contributed by atoms with E-state index in [4.69, 9.17) is 0 Å². The van der Waals surface area contributed by atoms with E-state index < -0.39 is 27.5 Å². The quantitative estimate of drug-likeness (QED) is 0.638. The van der Waals surface area contributed by atoms with Gasteiger partial charge in [0.25, 0.3) is 5.91 Å². The van der Waals surface area contributed by atoms with Crippen LogP contribution >= 0.6 is 11.3 Å². The molecule has 1 aromatic heterocycles. The number of aromatic nitrogens is 1. The molecule has 152 valence electrons. The summed E-state index contributed by atoms with van der Waals surface area (Å²) >= 11 is 1.19. The van der Waals surface area contributed by atoms with Gasteiger partial charge in [0.2, 0.25) is 0 Å². The van der Waals surface area contributed by atoms with E-state index >= 15 is 0 Å². The number of nitrogens with one attached hydrogen (secondary N) is 1. The van der Waals surface area contributed by atoms with Crippen LogP contribution in [-0.4, -0.2) is 25.6 Å². The summed E-state index contributed by atoms with van der Waals surface area (Å²) in [4.78, 5) is 17.2. The van der Waals surface area contributed by atoms with Crippen LogP contribution in [0.1, 0.15) is 26.4 Å². The van der Waals surface area contributed by atoms with Crippen LogP contribution in [-0.2, 0) is 22.4 Å². The zero-order valence-corrected chi connectivity index (χ0v) is 16.7. The number of alkyl halides is 3. The first kappa shape index (κ1) is 21.0. The molecule has 1 heterocycles. The summed E-state index contributed by atoms with van der Waals surface area (Å²) in [5, 5.41) is 2.90. The van der Waals surface area contributed by atoms with Crippen molar-refractivity contribution in [2.45, 2.75) is 17.5 Å². The standard InChI is InChI=1S/C19H15F3N2O3S2/c1-29(26,27)16-4-2-3-13(10-16)17(25)24-18-23-11-15(28-18)9-12-5-7-14(8-6-12)19(20,21)22/h2-8,10-11H,9H2,1H3,(H,23,24,25). The number of nitrogens with zero attached hydrogens (tertiary/aromatic N) is 1. The Morgan fingerprint density at radius 2 is 1.83 bits per heavy atom. The number of carbonyl (C=O) groups excluding carboxylic acids is 1. The molecule has 0 aliphatic heterocycles. The summed E-state index contributed by atoms with van der Waals surface area (Å²) in [6.07, 6.45) is -1.42. The molecule has 0 aliphatic carbocycles. The lowest BCUT2D eigenvalue weighted by atomic mass is 10.1. The molecule has 3 rings (SSSR count). The normalized spacial score (nSPS) is 12.0. The molecule has 0 spiro atoms. The number of thiazole rings is 1. The minimum Gasteiger partial charge on any atom is -0.298 e. The molecule has 0 fully saturated rings. The second kappa shape index (κ2) is 7.96. The molecule has 10 heteroatoms. The molecule has 0 saturated carbocycles. The fraction of sp³-hybridized carbons (Fsp3) is 0.158. The Hall–Kier alpha value is -2.72. The Kier molecular flexibility index (Phi) is 5.76. The van der Waals surface area contributed by atoms with Crippen LogP contribution in [0, 0.1) is 0 Å². The SMILES string of the molecule is CS(=O)(=O)c1cccc(C(=O)Nc2ncc(Cc3ccc(C(F)(F)F)cc3)s2)c1. The highest BCUT2D eigenvalue weighted by atomic mass is 32.2. The van der Waals surface area contributed by atoms with Crippen molar-refractivity contribution in [3.8, 4) is 0 Å². The van der Waals surface area contributed by atoms with Crippen molar-refractivity contribution >= 4 is 32.2 Å². The van der Waals surface area contributed by atoms with Crippen molar-refractivity contribution in [3.05, 3.63) is 76.3 Å². The first-order chi connectivity index (χ1) is 13.5. The van der Waals surface area contributed by atoms with Gasteiger partial charge in [-0.05, 0) is 35.9 Å². The van der Waals surface area contributed by atoms with Crippen molar-refractivity contribution in [1.82, 2.24) is 4.98 Å². The van der Waals surface area contributed by atoms with Crippen LogP contribution in [0.2, 0.25) is 0 Å². The first-order valence-corrected chi connectivity index (χ1v) is 11.0. The van der Waals surface area contributed by atoms with Crippen LogP contribution in [0.25, 0.3) is 0 Å². The molecule has 0 aliphatic rings. The maximum absolute atomic E-state index is 12.6. The second-order valence-corrected chi connectivity index (χ2v) is 9.39. The van der Waals surface area contributed by atoms with E-state index in [1.165, 1.54) is 53.9 Å². The van der Waals surface area contributed by atoms with E-state index in [2.05, 4.69) is 10.3 Å². The third-order valence-corrected chi connectivity index (χ3v) is 5.98. The average Bonchev–Trinajstić information content (AvgIpc) is 3.07. The molecule has 0 unspecified atom stereocenters. The van der Waals surface area contributed by atoms with Gasteiger partial charge in [0, 0.05) is 29.3 Å². The highest BCUT2D eigenvalue weighted by Crippen LogP contribution is 2.30. The first-order valence-electron chi connectivity index (χ1n) is 8.25. The van der Waals surface area contributed by atoms with Gasteiger partial charge in [-0.15, -0.1) is 11.3 Å². The Balaban J connectivity index is 1.68. The van der Waals surface area contributed by atoms with Crippen LogP contribution < -0.4 is 5.32 Å². The minimum atomic E-state index is -4.38. The monoisotopic (exact) mass is 440 g/mol. The maximum Gasteiger partial charge on any atom is 0.416 e. The largest absolute Gasteiger partial charge is 0.416 e. The van der Waals surface area contributed by atoms with Crippen molar-refractivity contribution < 1.29 is 26.4 Å². The fourth-order valence-corrected chi connectivity index (χ4v) is 4.01. The number of rotatable bonds is 5. The highest BCUT2D eigenvalue weighted by Gasteiger charge is 2.29. The Labute approximate surface area is 169 Å². The average molecular weight is 440 g/mol. The number of halogens is 3. The molecule has 1 amide bonds. The van der Waals surface area contributed by atoms with Gasteiger partial charge in [-0.1, -0.05) is 18.2 Å². The van der Waals surface area contributed by atoms with Crippen LogP contribution in [0.5, 0.6) is 0 Å². The van der Waals surface area contributed by atoms with Crippen LogP contribution in [0.3, 0.4) is 0 Å². The maximum atomic E-state index is 12.6. The van der Waals surface area contributed by atoms with E-state index in [1.54, 1.807) is 0 Å². The third kappa shape index (κ3) is 5.42. The van der Waals surface area contributed by atoms with Gasteiger partial charge in [0.05, 0.1) is 10.5 Å². The lowest BCUT2D eigenvalue weighted by Crippen LogP contribution is -2.12. The topological polar surface area (TPSA) is 76.1 Å². The van der Waals surface area contributed by atoms with Gasteiger partial charge in [-0.3, -0.25) is 10.1 Å². The number of benzene rings is 2. The molecule has 0 atom stereocenters. The van der Waals surface area contributed by atoms with E-state index in [-0.39, 0.29) is 10.5 Å². The smallest absolute Gasteiger partial charge is 0.298 e. The van der Waals surface area contributed by atoms with Crippen molar-refractivity contribution in [2.24, 2.45) is 0 Å². The summed E-state index contributed by atoms with van der Waals surface area (Å²) in [7, 11) is -3.44. The summed E-state index contributed by atoms with van der Waals surface area (Å²) in [5.41, 5.74) is 0.141. The molecule has 0 bridgehead atoms. The number of amides is 1. The van der Waals surface area contributed by atoms with Gasteiger partial charge in [0.1, 0.15) is 0 Å². The van der Waals surface area contributed by atoms with Gasteiger partial charge >= 0.3 is 6.18 Å². The molecular weight excluding hydrogens is 425 g/mol. The Morgan fingerprint density at radius 1 is 1.14 bits per heavy atom. The second-order valence-electron chi connectivity index (χ2n) is 6.26. The summed E-state index contributed by atoms with van der Waals surface area (Å²) < 4.78 is 61.1. The summed E-state index contributed by atoms with van der Waals surface area (Å²) in [5.74, 6) is -0.508. The lowest BCUT2D eigenvalue weighted by molar-refractivity contribution is -0.137. The molecule has 2 aromatic carbocycles. The number of sulfone groups is 1. The fourth-order valence-electron chi connectivity index (χ4n) is 2.50.